The molecule has 0 aliphatic carbocycles. The van der Waals surface area contributed by atoms with E-state index in [1.165, 1.54) is 6.07 Å². The van der Waals surface area contributed by atoms with Gasteiger partial charge in [0.05, 0.1) is 10.2 Å². The highest BCUT2D eigenvalue weighted by molar-refractivity contribution is 9.10. The number of carboxylic acids is 1. The highest BCUT2D eigenvalue weighted by atomic mass is 79.9. The van der Waals surface area contributed by atoms with Crippen LogP contribution >= 0.6 is 15.9 Å². The molecule has 1 rings (SSSR count). The molecule has 0 aromatic heterocycles. The molecule has 4 nitrogen and oxygen atoms in total. The summed E-state index contributed by atoms with van der Waals surface area (Å²) in [5.41, 5.74) is 0.650. The lowest BCUT2D eigenvalue weighted by atomic mass is 10.2. The van der Waals surface area contributed by atoms with Crippen LogP contribution < -0.4 is 5.32 Å². The summed E-state index contributed by atoms with van der Waals surface area (Å²) >= 11 is 3.03. The lowest BCUT2D eigenvalue weighted by Gasteiger charge is -2.07. The van der Waals surface area contributed by atoms with Crippen molar-refractivity contribution >= 4 is 33.5 Å². The number of amides is 1. The van der Waals surface area contributed by atoms with Crippen molar-refractivity contribution in [3.8, 4) is 0 Å². The van der Waals surface area contributed by atoms with Gasteiger partial charge in [0.15, 0.2) is 5.82 Å². The summed E-state index contributed by atoms with van der Waals surface area (Å²) in [5, 5.41) is 10.6. The van der Waals surface area contributed by atoms with Crippen molar-refractivity contribution in [3.05, 3.63) is 28.0 Å². The molecule has 1 amide bonds. The van der Waals surface area contributed by atoms with Crippen LogP contribution in [0.3, 0.4) is 0 Å². The van der Waals surface area contributed by atoms with E-state index in [9.17, 15) is 14.0 Å². The molecule has 6 heteroatoms. The number of carbonyl (C=O) groups is 2. The van der Waals surface area contributed by atoms with Gasteiger partial charge in [0.25, 0.3) is 0 Å². The SMILES string of the molecule is Cc1ccc(NC(=O)CC(=O)O)c(F)c1Br. The third-order valence-corrected chi connectivity index (χ3v) is 2.83. The van der Waals surface area contributed by atoms with Gasteiger partial charge in [0.2, 0.25) is 5.91 Å². The summed E-state index contributed by atoms with van der Waals surface area (Å²) in [4.78, 5) is 21.3. The summed E-state index contributed by atoms with van der Waals surface area (Å²) in [5.74, 6) is -2.63. The minimum atomic E-state index is -1.26. The Balaban J connectivity index is 2.86. The number of hydrogen-bond acceptors (Lipinski definition) is 2. The second-order valence-electron chi connectivity index (χ2n) is 3.18. The average molecular weight is 290 g/mol. The number of carbonyl (C=O) groups excluding carboxylic acids is 1. The lowest BCUT2D eigenvalue weighted by molar-refractivity contribution is -0.139. The first-order chi connectivity index (χ1) is 7.41. The Kier molecular flexibility index (Phi) is 4.00. The molecule has 0 aliphatic heterocycles. The van der Waals surface area contributed by atoms with Gasteiger partial charge in [-0.15, -0.1) is 0 Å². The molecular formula is C10H9BrFNO3. The van der Waals surface area contributed by atoms with Gasteiger partial charge in [-0.1, -0.05) is 6.07 Å². The first kappa shape index (κ1) is 12.6. The van der Waals surface area contributed by atoms with E-state index in [0.29, 0.717) is 5.56 Å². The molecule has 0 spiro atoms. The molecule has 0 saturated carbocycles. The van der Waals surface area contributed by atoms with Crippen molar-refractivity contribution in [1.82, 2.24) is 0 Å². The Hall–Kier alpha value is -1.43. The van der Waals surface area contributed by atoms with Crippen LogP contribution in [0, 0.1) is 12.7 Å². The van der Waals surface area contributed by atoms with Gasteiger partial charge >= 0.3 is 5.97 Å². The molecule has 16 heavy (non-hydrogen) atoms. The maximum atomic E-state index is 13.6. The monoisotopic (exact) mass is 289 g/mol. The van der Waals surface area contributed by atoms with Gasteiger partial charge in [0, 0.05) is 0 Å². The normalized spacial score (nSPS) is 9.94. The summed E-state index contributed by atoms with van der Waals surface area (Å²) in [6.07, 6.45) is -0.690. The Morgan fingerprint density at radius 3 is 2.69 bits per heavy atom. The molecule has 0 unspecified atom stereocenters. The number of carboxylic acid groups (broad SMARTS) is 1. The fourth-order valence-electron chi connectivity index (χ4n) is 1.07. The number of nitrogens with one attached hydrogen (secondary N) is 1. The van der Waals surface area contributed by atoms with Crippen molar-refractivity contribution < 1.29 is 19.1 Å². The Morgan fingerprint density at radius 1 is 1.50 bits per heavy atom. The van der Waals surface area contributed by atoms with Crippen LogP contribution in [0.1, 0.15) is 12.0 Å². The van der Waals surface area contributed by atoms with Crippen molar-refractivity contribution in [3.63, 3.8) is 0 Å². The molecule has 2 N–H and O–H groups in total. The number of anilines is 1. The van der Waals surface area contributed by atoms with Gasteiger partial charge in [-0.3, -0.25) is 9.59 Å². The molecule has 0 radical (unpaired) electrons. The molecule has 0 heterocycles. The number of benzene rings is 1. The van der Waals surface area contributed by atoms with Gasteiger partial charge in [-0.2, -0.15) is 0 Å². The van der Waals surface area contributed by atoms with Gasteiger partial charge in [0.1, 0.15) is 6.42 Å². The van der Waals surface area contributed by atoms with Crippen LogP contribution in [-0.2, 0) is 9.59 Å². The van der Waals surface area contributed by atoms with E-state index in [2.05, 4.69) is 21.2 Å². The van der Waals surface area contributed by atoms with E-state index in [1.54, 1.807) is 13.0 Å². The Morgan fingerprint density at radius 2 is 2.12 bits per heavy atom. The molecule has 86 valence electrons. The molecule has 0 fully saturated rings. The zero-order chi connectivity index (χ0) is 12.3. The van der Waals surface area contributed by atoms with Gasteiger partial charge < -0.3 is 10.4 Å². The molecule has 0 atom stereocenters. The van der Waals surface area contributed by atoms with E-state index in [1.807, 2.05) is 0 Å². The van der Waals surface area contributed by atoms with Crippen molar-refractivity contribution in [2.45, 2.75) is 13.3 Å². The summed E-state index contributed by atoms with van der Waals surface area (Å²) < 4.78 is 13.8. The van der Waals surface area contributed by atoms with E-state index in [-0.39, 0.29) is 10.2 Å². The number of rotatable bonds is 3. The van der Waals surface area contributed by atoms with Crippen molar-refractivity contribution in [2.24, 2.45) is 0 Å². The van der Waals surface area contributed by atoms with Crippen LogP contribution in [-0.4, -0.2) is 17.0 Å². The number of aryl methyl sites for hydroxylation is 1. The summed E-state index contributed by atoms with van der Waals surface area (Å²) in [6, 6.07) is 3.00. The molecular weight excluding hydrogens is 281 g/mol. The quantitative estimate of drug-likeness (QED) is 0.839. The van der Waals surface area contributed by atoms with Crippen LogP contribution in [0.2, 0.25) is 0 Å². The summed E-state index contributed by atoms with van der Waals surface area (Å²) in [6.45, 7) is 1.70. The third-order valence-electron chi connectivity index (χ3n) is 1.86. The Labute approximate surface area is 99.6 Å². The minimum absolute atomic E-state index is 0.0382. The van der Waals surface area contributed by atoms with Crippen molar-refractivity contribution in [1.29, 1.82) is 0 Å². The largest absolute Gasteiger partial charge is 0.481 e. The maximum absolute atomic E-state index is 13.6. The smallest absolute Gasteiger partial charge is 0.312 e. The first-order valence-corrected chi connectivity index (χ1v) is 5.17. The van der Waals surface area contributed by atoms with Crippen molar-refractivity contribution in [2.75, 3.05) is 5.32 Å². The van der Waals surface area contributed by atoms with E-state index < -0.39 is 24.1 Å². The minimum Gasteiger partial charge on any atom is -0.481 e. The number of hydrogen-bond donors (Lipinski definition) is 2. The first-order valence-electron chi connectivity index (χ1n) is 4.38. The molecule has 1 aromatic rings. The van der Waals surface area contributed by atoms with Crippen LogP contribution in [0.25, 0.3) is 0 Å². The summed E-state index contributed by atoms with van der Waals surface area (Å²) in [7, 11) is 0. The van der Waals surface area contributed by atoms with E-state index in [0.717, 1.165) is 0 Å². The van der Waals surface area contributed by atoms with E-state index in [4.69, 9.17) is 5.11 Å². The highest BCUT2D eigenvalue weighted by Crippen LogP contribution is 2.26. The van der Waals surface area contributed by atoms with Crippen LogP contribution in [0.4, 0.5) is 10.1 Å². The van der Waals surface area contributed by atoms with Gasteiger partial charge in [-0.05, 0) is 34.5 Å². The van der Waals surface area contributed by atoms with Gasteiger partial charge in [-0.25, -0.2) is 4.39 Å². The van der Waals surface area contributed by atoms with Crippen LogP contribution in [0.15, 0.2) is 16.6 Å². The number of aliphatic carboxylic acids is 1. The highest BCUT2D eigenvalue weighted by Gasteiger charge is 2.13. The molecule has 0 bridgehead atoms. The predicted octanol–water partition coefficient (Wildman–Crippen LogP) is 2.31. The van der Waals surface area contributed by atoms with E-state index >= 15 is 0 Å². The predicted molar refractivity (Wildman–Crippen MR) is 59.7 cm³/mol. The third kappa shape index (κ3) is 3.03. The fraction of sp³-hybridized carbons (Fsp3) is 0.200. The van der Waals surface area contributed by atoms with Crippen LogP contribution in [0.5, 0.6) is 0 Å². The number of halogens is 2. The standard InChI is InChI=1S/C10H9BrFNO3/c1-5-2-3-6(10(12)9(5)11)13-7(14)4-8(15)16/h2-3H,4H2,1H3,(H,13,14)(H,15,16). The maximum Gasteiger partial charge on any atom is 0.312 e. The topological polar surface area (TPSA) is 66.4 Å². The average Bonchev–Trinajstić information content (AvgIpc) is 2.18. The Bertz CT molecular complexity index is 448. The fourth-order valence-corrected chi connectivity index (χ4v) is 1.42. The zero-order valence-electron chi connectivity index (χ0n) is 8.38. The second-order valence-corrected chi connectivity index (χ2v) is 3.97. The second kappa shape index (κ2) is 5.07. The lowest BCUT2D eigenvalue weighted by Crippen LogP contribution is -2.16. The molecule has 1 aromatic carbocycles. The zero-order valence-corrected chi connectivity index (χ0v) is 9.97. The molecule has 0 aliphatic rings. The molecule has 0 saturated heterocycles.